The lowest BCUT2D eigenvalue weighted by Gasteiger charge is -2.24. The van der Waals surface area contributed by atoms with E-state index in [0.717, 1.165) is 0 Å². The van der Waals surface area contributed by atoms with Gasteiger partial charge in [0, 0.05) is 12.4 Å². The van der Waals surface area contributed by atoms with Crippen LogP contribution in [-0.4, -0.2) is 16.9 Å². The topological polar surface area (TPSA) is 38.9 Å². The summed E-state index contributed by atoms with van der Waals surface area (Å²) >= 11 is 11.6. The highest BCUT2D eigenvalue weighted by molar-refractivity contribution is 6.35. The minimum Gasteiger partial charge on any atom is -0.320 e. The van der Waals surface area contributed by atoms with E-state index in [9.17, 15) is 8.78 Å². The predicted molar refractivity (Wildman–Crippen MR) is 56.6 cm³/mol. The van der Waals surface area contributed by atoms with Gasteiger partial charge >= 0.3 is 0 Å². The molecule has 1 aromatic rings. The molecule has 0 bridgehead atoms. The molecule has 0 spiro atoms. The van der Waals surface area contributed by atoms with Crippen molar-refractivity contribution in [1.29, 1.82) is 0 Å². The predicted octanol–water partition coefficient (Wildman–Crippen LogP) is 2.91. The molecule has 0 fully saturated rings. The number of rotatable bonds is 3. The molecule has 0 amide bonds. The van der Waals surface area contributed by atoms with Crippen molar-refractivity contribution in [2.75, 3.05) is 0 Å². The summed E-state index contributed by atoms with van der Waals surface area (Å²) in [4.78, 5) is 3.73. The molecule has 0 aliphatic heterocycles. The van der Waals surface area contributed by atoms with Crippen LogP contribution in [0.15, 0.2) is 12.4 Å². The second-order valence-corrected chi connectivity index (χ2v) is 4.38. The van der Waals surface area contributed by atoms with Crippen molar-refractivity contribution in [2.45, 2.75) is 25.3 Å². The fourth-order valence-electron chi connectivity index (χ4n) is 1.06. The Morgan fingerprint density at radius 1 is 1.40 bits per heavy atom. The maximum absolute atomic E-state index is 12.5. The molecule has 84 valence electrons. The van der Waals surface area contributed by atoms with Crippen LogP contribution in [0.3, 0.4) is 0 Å². The van der Waals surface area contributed by atoms with Gasteiger partial charge in [-0.3, -0.25) is 4.98 Å². The zero-order chi connectivity index (χ0) is 11.6. The van der Waals surface area contributed by atoms with Crippen molar-refractivity contribution in [3.63, 3.8) is 0 Å². The third-order valence-electron chi connectivity index (χ3n) is 2.01. The van der Waals surface area contributed by atoms with Crippen molar-refractivity contribution in [3.05, 3.63) is 28.0 Å². The number of pyridine rings is 1. The number of halogens is 4. The minimum absolute atomic E-state index is 0.0924. The minimum atomic E-state index is -2.64. The smallest absolute Gasteiger partial charge is 0.256 e. The fraction of sp³-hybridized carbons (Fsp3) is 0.444. The summed E-state index contributed by atoms with van der Waals surface area (Å²) in [7, 11) is 0. The summed E-state index contributed by atoms with van der Waals surface area (Å²) in [5.74, 6) is 0. The third kappa shape index (κ3) is 3.00. The van der Waals surface area contributed by atoms with Crippen molar-refractivity contribution in [2.24, 2.45) is 5.73 Å². The van der Waals surface area contributed by atoms with Gasteiger partial charge in [0.05, 0.1) is 15.6 Å². The van der Waals surface area contributed by atoms with Crippen LogP contribution < -0.4 is 5.73 Å². The van der Waals surface area contributed by atoms with E-state index in [4.69, 9.17) is 28.9 Å². The number of aromatic nitrogens is 1. The quantitative estimate of drug-likeness (QED) is 0.901. The maximum Gasteiger partial charge on any atom is 0.256 e. The first-order chi connectivity index (χ1) is 6.84. The molecule has 0 aliphatic rings. The van der Waals surface area contributed by atoms with Crippen LogP contribution in [0.25, 0.3) is 0 Å². The van der Waals surface area contributed by atoms with E-state index in [1.54, 1.807) is 0 Å². The van der Waals surface area contributed by atoms with E-state index < -0.39 is 12.0 Å². The van der Waals surface area contributed by atoms with E-state index in [1.165, 1.54) is 19.3 Å². The molecule has 1 atom stereocenters. The Hall–Kier alpha value is -0.450. The Balaban J connectivity index is 2.99. The van der Waals surface area contributed by atoms with Crippen LogP contribution in [-0.2, 0) is 6.42 Å². The highest BCUT2D eigenvalue weighted by Gasteiger charge is 2.31. The average molecular weight is 255 g/mol. The summed E-state index contributed by atoms with van der Waals surface area (Å²) in [5.41, 5.74) is 4.20. The second kappa shape index (κ2) is 4.60. The summed E-state index contributed by atoms with van der Waals surface area (Å²) < 4.78 is 25.1. The zero-order valence-electron chi connectivity index (χ0n) is 7.98. The molecule has 0 radical (unpaired) electrons. The van der Waals surface area contributed by atoms with Gasteiger partial charge < -0.3 is 5.73 Å². The highest BCUT2D eigenvalue weighted by atomic mass is 35.5. The number of nitrogens with zero attached hydrogens (tertiary/aromatic N) is 1. The van der Waals surface area contributed by atoms with Crippen LogP contribution in [0.4, 0.5) is 8.78 Å². The van der Waals surface area contributed by atoms with Gasteiger partial charge in [-0.25, -0.2) is 8.78 Å². The van der Waals surface area contributed by atoms with Crippen molar-refractivity contribution >= 4 is 23.2 Å². The zero-order valence-corrected chi connectivity index (χ0v) is 9.49. The van der Waals surface area contributed by atoms with E-state index in [0.29, 0.717) is 5.56 Å². The Morgan fingerprint density at radius 3 is 2.27 bits per heavy atom. The summed E-state index contributed by atoms with van der Waals surface area (Å²) in [5, 5.41) is 0.500. The first-order valence-electron chi connectivity index (χ1n) is 4.19. The third-order valence-corrected chi connectivity index (χ3v) is 2.66. The van der Waals surface area contributed by atoms with E-state index in [2.05, 4.69) is 4.98 Å². The molecule has 0 aromatic carbocycles. The molecule has 1 unspecified atom stereocenters. The molecule has 6 heteroatoms. The number of alkyl halides is 2. The van der Waals surface area contributed by atoms with Gasteiger partial charge in [0.2, 0.25) is 0 Å². The lowest BCUT2D eigenvalue weighted by atomic mass is 9.95. The molecule has 1 rings (SSSR count). The molecular formula is C9H10Cl2F2N2. The van der Waals surface area contributed by atoms with Gasteiger partial charge in [-0.15, -0.1) is 0 Å². The molecule has 2 nitrogen and oxygen atoms in total. The first kappa shape index (κ1) is 12.6. The van der Waals surface area contributed by atoms with E-state index in [-0.39, 0.29) is 16.5 Å². The number of nitrogens with two attached hydrogens (primary N) is 1. The van der Waals surface area contributed by atoms with Gasteiger partial charge in [0.25, 0.3) is 6.43 Å². The average Bonchev–Trinajstić information content (AvgIpc) is 2.11. The largest absolute Gasteiger partial charge is 0.320 e. The summed E-state index contributed by atoms with van der Waals surface area (Å²) in [6.45, 7) is 1.25. The van der Waals surface area contributed by atoms with Crippen LogP contribution in [0, 0.1) is 0 Å². The molecule has 0 saturated carbocycles. The van der Waals surface area contributed by atoms with Gasteiger partial charge in [-0.2, -0.15) is 0 Å². The van der Waals surface area contributed by atoms with Gasteiger partial charge in [-0.05, 0) is 18.9 Å². The van der Waals surface area contributed by atoms with Gasteiger partial charge in [0.15, 0.2) is 0 Å². The Kier molecular flexibility index (Phi) is 3.87. The van der Waals surface area contributed by atoms with Crippen molar-refractivity contribution in [3.8, 4) is 0 Å². The first-order valence-corrected chi connectivity index (χ1v) is 4.95. The molecule has 0 saturated heterocycles. The monoisotopic (exact) mass is 254 g/mol. The van der Waals surface area contributed by atoms with Gasteiger partial charge in [0.1, 0.15) is 0 Å². The van der Waals surface area contributed by atoms with Crippen LogP contribution in [0.5, 0.6) is 0 Å². The Bertz CT molecular complexity index is 336. The Morgan fingerprint density at radius 2 is 1.87 bits per heavy atom. The number of hydrogen-bond acceptors (Lipinski definition) is 2. The molecule has 1 heterocycles. The van der Waals surface area contributed by atoms with Crippen LogP contribution >= 0.6 is 23.2 Å². The standard InChI is InChI=1S/C9H10Cl2F2N2/c1-9(14,8(12)13)2-5-6(10)3-15-4-7(5)11/h3-4,8H,2,14H2,1H3. The Labute approximate surface area is 96.4 Å². The van der Waals surface area contributed by atoms with E-state index in [1.807, 2.05) is 0 Å². The molecule has 1 aromatic heterocycles. The van der Waals surface area contributed by atoms with Gasteiger partial charge in [-0.1, -0.05) is 23.2 Å². The molecule has 2 N–H and O–H groups in total. The maximum atomic E-state index is 12.5. The van der Waals surface area contributed by atoms with Crippen LogP contribution in [0.2, 0.25) is 10.0 Å². The van der Waals surface area contributed by atoms with E-state index >= 15 is 0 Å². The summed E-state index contributed by atoms with van der Waals surface area (Å²) in [6, 6.07) is 0. The molecule has 15 heavy (non-hydrogen) atoms. The lowest BCUT2D eigenvalue weighted by molar-refractivity contribution is 0.0639. The number of hydrogen-bond donors (Lipinski definition) is 1. The normalized spacial score (nSPS) is 15.4. The fourth-order valence-corrected chi connectivity index (χ4v) is 1.56. The second-order valence-electron chi connectivity index (χ2n) is 3.56. The highest BCUT2D eigenvalue weighted by Crippen LogP contribution is 2.28. The SMILES string of the molecule is CC(N)(Cc1c(Cl)cncc1Cl)C(F)F. The molecular weight excluding hydrogens is 245 g/mol. The van der Waals surface area contributed by atoms with Crippen LogP contribution in [0.1, 0.15) is 12.5 Å². The lowest BCUT2D eigenvalue weighted by Crippen LogP contribution is -2.46. The van der Waals surface area contributed by atoms with Crippen molar-refractivity contribution in [1.82, 2.24) is 4.98 Å². The summed E-state index contributed by atoms with van der Waals surface area (Å²) in [6.07, 6.45) is -0.0303. The molecule has 0 aliphatic carbocycles. The van der Waals surface area contributed by atoms with Crippen molar-refractivity contribution < 1.29 is 8.78 Å².